The summed E-state index contributed by atoms with van der Waals surface area (Å²) in [6, 6.07) is 18.8. The minimum absolute atomic E-state index is 0.0544. The van der Waals surface area contributed by atoms with E-state index in [2.05, 4.69) is 21.2 Å². The molecule has 0 spiro atoms. The quantitative estimate of drug-likeness (QED) is 0.260. The first-order valence-electron chi connectivity index (χ1n) is 10.8. The fourth-order valence-corrected chi connectivity index (χ4v) is 3.77. The van der Waals surface area contributed by atoms with Crippen molar-refractivity contribution in [2.45, 2.75) is 20.1 Å². The molecule has 1 amide bonds. The molecule has 8 heteroatoms. The zero-order valence-electron chi connectivity index (χ0n) is 19.3. The minimum atomic E-state index is -0.496. The summed E-state index contributed by atoms with van der Waals surface area (Å²) in [5.74, 6) is 0.752. The molecule has 0 heterocycles. The molecule has 0 saturated heterocycles. The van der Waals surface area contributed by atoms with Crippen LogP contribution in [0.5, 0.6) is 17.2 Å². The number of hydrogen-bond acceptors (Lipinski definition) is 5. The Hall–Kier alpha value is -3.83. The molecule has 0 aromatic heterocycles. The van der Waals surface area contributed by atoms with Crippen molar-refractivity contribution in [1.29, 1.82) is 5.26 Å². The molecule has 0 aliphatic carbocycles. The van der Waals surface area contributed by atoms with Crippen LogP contribution in [0.25, 0.3) is 6.08 Å². The molecule has 1 N–H and O–H groups in total. The summed E-state index contributed by atoms with van der Waals surface area (Å²) < 4.78 is 30.8. The molecule has 0 unspecified atom stereocenters. The van der Waals surface area contributed by atoms with E-state index < -0.39 is 5.91 Å². The van der Waals surface area contributed by atoms with Crippen molar-refractivity contribution in [3.05, 3.63) is 93.2 Å². The Bertz CT molecular complexity index is 1250. The first-order chi connectivity index (χ1) is 16.9. The number of carbonyl (C=O) groups excluding carboxylic acids is 1. The molecule has 180 valence electrons. The van der Waals surface area contributed by atoms with Crippen molar-refractivity contribution in [3.63, 3.8) is 0 Å². The molecule has 3 aromatic carbocycles. The molecule has 35 heavy (non-hydrogen) atoms. The second-order valence-corrected chi connectivity index (χ2v) is 8.24. The van der Waals surface area contributed by atoms with Gasteiger partial charge in [0.1, 0.15) is 29.8 Å². The lowest BCUT2D eigenvalue weighted by Gasteiger charge is -2.15. The highest BCUT2D eigenvalue weighted by Crippen LogP contribution is 2.38. The van der Waals surface area contributed by atoms with Crippen molar-refractivity contribution < 1.29 is 23.4 Å². The van der Waals surface area contributed by atoms with E-state index in [4.69, 9.17) is 14.2 Å². The van der Waals surface area contributed by atoms with Gasteiger partial charge in [0, 0.05) is 6.54 Å². The Kier molecular flexibility index (Phi) is 9.27. The van der Waals surface area contributed by atoms with Gasteiger partial charge < -0.3 is 19.5 Å². The molecule has 3 aromatic rings. The molecule has 0 saturated carbocycles. The number of methoxy groups -OCH3 is 1. The van der Waals surface area contributed by atoms with Crippen LogP contribution in [0.1, 0.15) is 23.6 Å². The van der Waals surface area contributed by atoms with Crippen LogP contribution in [0, 0.1) is 17.1 Å². The number of nitrogens with one attached hydrogen (secondary N) is 1. The third-order valence-electron chi connectivity index (χ3n) is 4.89. The number of benzene rings is 3. The normalized spacial score (nSPS) is 10.9. The standard InChI is InChI=1S/C27H24BrFN2O4/c1-3-34-25-14-20(13-24(28)26(25)35-17-19-5-4-6-22(29)12-19)11-21(15-30)27(32)31-16-18-7-9-23(33-2)10-8-18/h4-14H,3,16-17H2,1-2H3,(H,31,32)/b21-11-. The van der Waals surface area contributed by atoms with E-state index in [1.165, 1.54) is 18.2 Å². The van der Waals surface area contributed by atoms with Gasteiger partial charge in [-0.1, -0.05) is 24.3 Å². The molecule has 0 bridgehead atoms. The number of nitriles is 1. The van der Waals surface area contributed by atoms with E-state index in [1.54, 1.807) is 43.5 Å². The fraction of sp³-hybridized carbons (Fsp3) is 0.185. The fourth-order valence-electron chi connectivity index (χ4n) is 3.19. The minimum Gasteiger partial charge on any atom is -0.497 e. The van der Waals surface area contributed by atoms with Crippen LogP contribution in [0.3, 0.4) is 0 Å². The molecule has 0 aliphatic heterocycles. The second-order valence-electron chi connectivity index (χ2n) is 7.38. The van der Waals surface area contributed by atoms with Crippen LogP contribution in [0.4, 0.5) is 4.39 Å². The summed E-state index contributed by atoms with van der Waals surface area (Å²) in [6.45, 7) is 2.62. The van der Waals surface area contributed by atoms with Crippen molar-refractivity contribution in [2.24, 2.45) is 0 Å². The number of hydrogen-bond donors (Lipinski definition) is 1. The van der Waals surface area contributed by atoms with E-state index in [9.17, 15) is 14.4 Å². The van der Waals surface area contributed by atoms with Crippen LogP contribution in [-0.2, 0) is 17.9 Å². The van der Waals surface area contributed by atoms with Gasteiger partial charge in [-0.2, -0.15) is 5.26 Å². The third kappa shape index (κ3) is 7.33. The van der Waals surface area contributed by atoms with Gasteiger partial charge in [-0.05, 0) is 82.0 Å². The first-order valence-corrected chi connectivity index (χ1v) is 11.6. The number of amides is 1. The maximum atomic E-state index is 13.5. The largest absolute Gasteiger partial charge is 0.497 e. The summed E-state index contributed by atoms with van der Waals surface area (Å²) in [4.78, 5) is 12.6. The van der Waals surface area contributed by atoms with Crippen LogP contribution >= 0.6 is 15.9 Å². The lowest BCUT2D eigenvalue weighted by molar-refractivity contribution is -0.117. The van der Waals surface area contributed by atoms with Gasteiger partial charge in [0.05, 0.1) is 18.2 Å². The average Bonchev–Trinajstić information content (AvgIpc) is 2.86. The van der Waals surface area contributed by atoms with Crippen LogP contribution in [0.15, 0.2) is 70.7 Å². The van der Waals surface area contributed by atoms with Gasteiger partial charge in [-0.15, -0.1) is 0 Å². The zero-order chi connectivity index (χ0) is 25.2. The molecular formula is C27H24BrFN2O4. The maximum absolute atomic E-state index is 13.5. The van der Waals surface area contributed by atoms with E-state index >= 15 is 0 Å². The van der Waals surface area contributed by atoms with Gasteiger partial charge in [-0.25, -0.2) is 4.39 Å². The van der Waals surface area contributed by atoms with Crippen LogP contribution < -0.4 is 19.5 Å². The van der Waals surface area contributed by atoms with E-state index in [0.29, 0.717) is 33.7 Å². The molecule has 0 atom stereocenters. The van der Waals surface area contributed by atoms with E-state index in [1.807, 2.05) is 25.1 Å². The summed E-state index contributed by atoms with van der Waals surface area (Å²) in [6.07, 6.45) is 1.48. The summed E-state index contributed by atoms with van der Waals surface area (Å²) >= 11 is 3.48. The molecule has 6 nitrogen and oxygen atoms in total. The van der Waals surface area contributed by atoms with Crippen LogP contribution in [-0.4, -0.2) is 19.6 Å². The van der Waals surface area contributed by atoms with Gasteiger partial charge in [0.15, 0.2) is 11.5 Å². The summed E-state index contributed by atoms with van der Waals surface area (Å²) in [7, 11) is 1.58. The highest BCUT2D eigenvalue weighted by molar-refractivity contribution is 9.10. The lowest BCUT2D eigenvalue weighted by atomic mass is 10.1. The number of rotatable bonds is 10. The summed E-state index contributed by atoms with van der Waals surface area (Å²) in [5.41, 5.74) is 2.07. The lowest BCUT2D eigenvalue weighted by Crippen LogP contribution is -2.23. The molecule has 0 radical (unpaired) electrons. The average molecular weight is 539 g/mol. The number of ether oxygens (including phenoxy) is 3. The molecular weight excluding hydrogens is 515 g/mol. The number of halogens is 2. The van der Waals surface area contributed by atoms with Crippen LogP contribution in [0.2, 0.25) is 0 Å². The monoisotopic (exact) mass is 538 g/mol. The Labute approximate surface area is 212 Å². The highest BCUT2D eigenvalue weighted by Gasteiger charge is 2.15. The number of carbonyl (C=O) groups is 1. The molecule has 3 rings (SSSR count). The summed E-state index contributed by atoms with van der Waals surface area (Å²) in [5, 5.41) is 12.3. The highest BCUT2D eigenvalue weighted by atomic mass is 79.9. The van der Waals surface area contributed by atoms with Crippen molar-refractivity contribution in [3.8, 4) is 23.3 Å². The Balaban J connectivity index is 1.76. The Morgan fingerprint density at radius 3 is 2.54 bits per heavy atom. The zero-order valence-corrected chi connectivity index (χ0v) is 20.9. The smallest absolute Gasteiger partial charge is 0.262 e. The molecule has 0 fully saturated rings. The van der Waals surface area contributed by atoms with E-state index in [-0.39, 0.29) is 24.5 Å². The van der Waals surface area contributed by atoms with Crippen molar-refractivity contribution in [2.75, 3.05) is 13.7 Å². The SMILES string of the molecule is CCOc1cc(/C=C(/C#N)C(=O)NCc2ccc(OC)cc2)cc(Br)c1OCc1cccc(F)c1. The predicted octanol–water partition coefficient (Wildman–Crippen LogP) is 5.80. The van der Waals surface area contributed by atoms with E-state index in [0.717, 1.165) is 11.3 Å². The predicted molar refractivity (Wildman–Crippen MR) is 134 cm³/mol. The second kappa shape index (κ2) is 12.6. The van der Waals surface area contributed by atoms with Gasteiger partial charge in [0.2, 0.25) is 0 Å². The van der Waals surface area contributed by atoms with Crippen molar-refractivity contribution in [1.82, 2.24) is 5.32 Å². The first kappa shape index (κ1) is 25.8. The van der Waals surface area contributed by atoms with Gasteiger partial charge in [-0.3, -0.25) is 4.79 Å². The number of nitrogens with zero attached hydrogens (tertiary/aromatic N) is 1. The van der Waals surface area contributed by atoms with Crippen molar-refractivity contribution >= 4 is 27.9 Å². The topological polar surface area (TPSA) is 80.6 Å². The maximum Gasteiger partial charge on any atom is 0.262 e. The Morgan fingerprint density at radius 2 is 1.89 bits per heavy atom. The Morgan fingerprint density at radius 1 is 1.11 bits per heavy atom. The van der Waals surface area contributed by atoms with Gasteiger partial charge >= 0.3 is 0 Å². The van der Waals surface area contributed by atoms with Gasteiger partial charge in [0.25, 0.3) is 5.91 Å². The molecule has 0 aliphatic rings. The third-order valence-corrected chi connectivity index (χ3v) is 5.48.